The van der Waals surface area contributed by atoms with Crippen LogP contribution in [0.25, 0.3) is 0 Å². The third-order valence-electron chi connectivity index (χ3n) is 4.77. The maximum absolute atomic E-state index is 12.6. The molecular formula is C16H20N2O2. The molecule has 1 aliphatic heterocycles. The SMILES string of the molecule is CCC1CC2C(=O)N(c3ccc(N)cc3C)C(=O)C2C1. The number of nitrogen functional groups attached to an aromatic ring is 1. The lowest BCUT2D eigenvalue weighted by Gasteiger charge is -2.19. The molecular weight excluding hydrogens is 252 g/mol. The number of nitrogens with two attached hydrogens (primary N) is 1. The van der Waals surface area contributed by atoms with Crippen molar-refractivity contribution in [2.75, 3.05) is 10.6 Å². The molecule has 2 atom stereocenters. The van der Waals surface area contributed by atoms with Gasteiger partial charge in [-0.15, -0.1) is 0 Å². The van der Waals surface area contributed by atoms with Crippen LogP contribution in [0.5, 0.6) is 0 Å². The van der Waals surface area contributed by atoms with Crippen LogP contribution in [0.3, 0.4) is 0 Å². The van der Waals surface area contributed by atoms with Crippen molar-refractivity contribution in [1.82, 2.24) is 0 Å². The van der Waals surface area contributed by atoms with Crippen molar-refractivity contribution >= 4 is 23.2 Å². The Morgan fingerprint density at radius 1 is 1.20 bits per heavy atom. The number of benzene rings is 1. The molecule has 4 heteroatoms. The third-order valence-corrected chi connectivity index (χ3v) is 4.77. The fourth-order valence-electron chi connectivity index (χ4n) is 3.63. The normalized spacial score (nSPS) is 29.1. The van der Waals surface area contributed by atoms with E-state index in [9.17, 15) is 9.59 Å². The van der Waals surface area contributed by atoms with E-state index in [-0.39, 0.29) is 23.7 Å². The molecule has 106 valence electrons. The van der Waals surface area contributed by atoms with Gasteiger partial charge >= 0.3 is 0 Å². The summed E-state index contributed by atoms with van der Waals surface area (Å²) in [7, 11) is 0. The van der Waals surface area contributed by atoms with Crippen molar-refractivity contribution in [3.63, 3.8) is 0 Å². The number of anilines is 2. The molecule has 1 aliphatic carbocycles. The van der Waals surface area contributed by atoms with E-state index in [4.69, 9.17) is 5.73 Å². The Labute approximate surface area is 118 Å². The third kappa shape index (κ3) is 1.82. The summed E-state index contributed by atoms with van der Waals surface area (Å²) in [6.45, 7) is 4.01. The number of imide groups is 1. The summed E-state index contributed by atoms with van der Waals surface area (Å²) < 4.78 is 0. The van der Waals surface area contributed by atoms with Gasteiger partial charge in [-0.05, 0) is 49.4 Å². The minimum absolute atomic E-state index is 0.0242. The molecule has 1 saturated heterocycles. The highest BCUT2D eigenvalue weighted by atomic mass is 16.2. The van der Waals surface area contributed by atoms with Crippen molar-refractivity contribution in [3.05, 3.63) is 23.8 Å². The molecule has 1 heterocycles. The lowest BCUT2D eigenvalue weighted by Crippen LogP contribution is -2.32. The zero-order valence-electron chi connectivity index (χ0n) is 11.9. The van der Waals surface area contributed by atoms with Gasteiger partial charge in [-0.3, -0.25) is 9.59 Å². The topological polar surface area (TPSA) is 63.4 Å². The van der Waals surface area contributed by atoms with Gasteiger partial charge in [0, 0.05) is 5.69 Å². The van der Waals surface area contributed by atoms with Gasteiger partial charge in [0.25, 0.3) is 0 Å². The Bertz CT molecular complexity index is 558. The summed E-state index contributed by atoms with van der Waals surface area (Å²) in [5, 5.41) is 0. The van der Waals surface area contributed by atoms with Gasteiger partial charge in [0.05, 0.1) is 17.5 Å². The number of rotatable bonds is 2. The molecule has 0 spiro atoms. The van der Waals surface area contributed by atoms with Crippen LogP contribution in [-0.4, -0.2) is 11.8 Å². The maximum atomic E-state index is 12.6. The number of carbonyl (C=O) groups is 2. The van der Waals surface area contributed by atoms with Gasteiger partial charge in [-0.2, -0.15) is 0 Å². The van der Waals surface area contributed by atoms with Crippen LogP contribution in [0.1, 0.15) is 31.7 Å². The molecule has 2 aliphatic rings. The predicted octanol–water partition coefficient (Wildman–Crippen LogP) is 2.50. The van der Waals surface area contributed by atoms with Crippen LogP contribution in [-0.2, 0) is 9.59 Å². The Kier molecular flexibility index (Phi) is 3.04. The van der Waals surface area contributed by atoms with Gasteiger partial charge in [0.15, 0.2) is 0 Å². The lowest BCUT2D eigenvalue weighted by atomic mass is 10.00. The van der Waals surface area contributed by atoms with Crippen LogP contribution in [0.4, 0.5) is 11.4 Å². The summed E-state index contributed by atoms with van der Waals surface area (Å²) in [5.74, 6) is 0.258. The first-order valence-corrected chi connectivity index (χ1v) is 7.26. The van der Waals surface area contributed by atoms with E-state index >= 15 is 0 Å². The molecule has 20 heavy (non-hydrogen) atoms. The summed E-state index contributed by atoms with van der Waals surface area (Å²) >= 11 is 0. The standard InChI is InChI=1S/C16H20N2O2/c1-3-10-7-12-13(8-10)16(20)18(15(12)19)14-5-4-11(17)6-9(14)2/h4-6,10,12-13H,3,7-8,17H2,1-2H3. The summed E-state index contributed by atoms with van der Waals surface area (Å²) in [5.41, 5.74) is 7.95. The molecule has 2 unspecified atom stereocenters. The van der Waals surface area contributed by atoms with Crippen LogP contribution in [0, 0.1) is 24.7 Å². The molecule has 4 nitrogen and oxygen atoms in total. The summed E-state index contributed by atoms with van der Waals surface area (Å²) in [6.07, 6.45) is 2.76. The summed E-state index contributed by atoms with van der Waals surface area (Å²) in [4.78, 5) is 26.5. The first-order valence-electron chi connectivity index (χ1n) is 7.26. The molecule has 0 bridgehead atoms. The van der Waals surface area contributed by atoms with Crippen molar-refractivity contribution in [1.29, 1.82) is 0 Å². The van der Waals surface area contributed by atoms with Crippen LogP contribution >= 0.6 is 0 Å². The molecule has 1 aromatic rings. The molecule has 0 aromatic heterocycles. The second-order valence-electron chi connectivity index (χ2n) is 6.02. The zero-order chi connectivity index (χ0) is 14.4. The van der Waals surface area contributed by atoms with E-state index in [1.807, 2.05) is 6.92 Å². The second-order valence-corrected chi connectivity index (χ2v) is 6.02. The van der Waals surface area contributed by atoms with Crippen molar-refractivity contribution in [2.45, 2.75) is 33.1 Å². The van der Waals surface area contributed by atoms with E-state index in [1.165, 1.54) is 4.90 Å². The van der Waals surface area contributed by atoms with Crippen molar-refractivity contribution in [2.24, 2.45) is 17.8 Å². The number of amides is 2. The van der Waals surface area contributed by atoms with Crippen molar-refractivity contribution in [3.8, 4) is 0 Å². The molecule has 3 rings (SSSR count). The van der Waals surface area contributed by atoms with E-state index in [1.54, 1.807) is 18.2 Å². The van der Waals surface area contributed by atoms with Crippen LogP contribution in [0.15, 0.2) is 18.2 Å². The maximum Gasteiger partial charge on any atom is 0.237 e. The zero-order valence-corrected chi connectivity index (χ0v) is 11.9. The average Bonchev–Trinajstić information content (AvgIpc) is 2.93. The monoisotopic (exact) mass is 272 g/mol. The Morgan fingerprint density at radius 3 is 2.30 bits per heavy atom. The Balaban J connectivity index is 1.94. The number of nitrogens with zero attached hydrogens (tertiary/aromatic N) is 1. The minimum atomic E-state index is -0.107. The molecule has 1 aromatic carbocycles. The lowest BCUT2D eigenvalue weighted by molar-refractivity contribution is -0.123. The molecule has 2 N–H and O–H groups in total. The average molecular weight is 272 g/mol. The number of carbonyl (C=O) groups excluding carboxylic acids is 2. The van der Waals surface area contributed by atoms with Crippen molar-refractivity contribution < 1.29 is 9.59 Å². The van der Waals surface area contributed by atoms with Gasteiger partial charge in [0.2, 0.25) is 11.8 Å². The first kappa shape index (κ1) is 13.2. The molecule has 2 amide bonds. The Morgan fingerprint density at radius 2 is 1.80 bits per heavy atom. The number of aryl methyl sites for hydroxylation is 1. The first-order chi connectivity index (χ1) is 9.52. The van der Waals surface area contributed by atoms with E-state index in [0.717, 1.165) is 24.8 Å². The molecule has 0 radical (unpaired) electrons. The highest BCUT2D eigenvalue weighted by molar-refractivity contribution is 6.22. The predicted molar refractivity (Wildman–Crippen MR) is 78.1 cm³/mol. The van der Waals surface area contributed by atoms with E-state index < -0.39 is 0 Å². The number of fused-ring (bicyclic) bond motifs is 1. The smallest absolute Gasteiger partial charge is 0.237 e. The number of hydrogen-bond acceptors (Lipinski definition) is 3. The van der Waals surface area contributed by atoms with Gasteiger partial charge in [-0.25, -0.2) is 4.90 Å². The highest BCUT2D eigenvalue weighted by Gasteiger charge is 2.52. The van der Waals surface area contributed by atoms with Crippen LogP contribution < -0.4 is 10.6 Å². The van der Waals surface area contributed by atoms with Gasteiger partial charge in [0.1, 0.15) is 0 Å². The molecule has 1 saturated carbocycles. The van der Waals surface area contributed by atoms with Gasteiger partial charge in [-0.1, -0.05) is 13.3 Å². The number of hydrogen-bond donors (Lipinski definition) is 1. The minimum Gasteiger partial charge on any atom is -0.399 e. The van der Waals surface area contributed by atoms with Gasteiger partial charge < -0.3 is 5.73 Å². The quantitative estimate of drug-likeness (QED) is 0.664. The second kappa shape index (κ2) is 4.62. The van der Waals surface area contributed by atoms with E-state index in [2.05, 4.69) is 6.92 Å². The summed E-state index contributed by atoms with van der Waals surface area (Å²) in [6, 6.07) is 5.32. The largest absolute Gasteiger partial charge is 0.399 e. The Hall–Kier alpha value is -1.84. The highest BCUT2D eigenvalue weighted by Crippen LogP contribution is 2.46. The fraction of sp³-hybridized carbons (Fsp3) is 0.500. The fourth-order valence-corrected chi connectivity index (χ4v) is 3.63. The molecule has 2 fully saturated rings. The van der Waals surface area contributed by atoms with Crippen LogP contribution in [0.2, 0.25) is 0 Å². The van der Waals surface area contributed by atoms with E-state index in [0.29, 0.717) is 17.3 Å².